The van der Waals surface area contributed by atoms with Crippen molar-refractivity contribution in [3.05, 3.63) is 29.8 Å². The van der Waals surface area contributed by atoms with Gasteiger partial charge in [-0.05, 0) is 81.8 Å². The molecule has 4 bridgehead atoms. The normalized spacial score (nSPS) is 34.9. The van der Waals surface area contributed by atoms with Crippen LogP contribution in [-0.2, 0) is 14.3 Å². The quantitative estimate of drug-likeness (QED) is 0.776. The van der Waals surface area contributed by atoms with Crippen molar-refractivity contribution in [1.82, 2.24) is 0 Å². The summed E-state index contributed by atoms with van der Waals surface area (Å²) in [6.45, 7) is 3.59. The summed E-state index contributed by atoms with van der Waals surface area (Å²) in [6.07, 6.45) is 5.14. The summed E-state index contributed by atoms with van der Waals surface area (Å²) in [5, 5.41) is 13.6. The summed E-state index contributed by atoms with van der Waals surface area (Å²) in [5.74, 6) is 0.418. The Morgan fingerprint density at radius 1 is 1.19 bits per heavy atom. The number of anilines is 1. The molecule has 0 aromatic heterocycles. The van der Waals surface area contributed by atoms with Crippen LogP contribution in [0.25, 0.3) is 0 Å². The van der Waals surface area contributed by atoms with Gasteiger partial charge in [-0.15, -0.1) is 0 Å². The minimum Gasteiger partial charge on any atom is -0.453 e. The molecule has 4 aliphatic carbocycles. The topological polar surface area (TPSA) is 75.6 Å². The van der Waals surface area contributed by atoms with E-state index in [1.807, 2.05) is 31.2 Å². The molecule has 1 aromatic rings. The van der Waals surface area contributed by atoms with E-state index in [2.05, 4.69) is 5.32 Å². The van der Waals surface area contributed by atoms with Crippen molar-refractivity contribution in [2.24, 2.45) is 17.3 Å². The first-order chi connectivity index (χ1) is 12.7. The zero-order chi connectivity index (χ0) is 19.2. The third-order valence-electron chi connectivity index (χ3n) is 6.67. The third kappa shape index (κ3) is 3.88. The van der Waals surface area contributed by atoms with Crippen molar-refractivity contribution < 1.29 is 19.4 Å². The van der Waals surface area contributed by atoms with Gasteiger partial charge in [0.05, 0.1) is 12.0 Å². The van der Waals surface area contributed by atoms with Crippen LogP contribution in [0.4, 0.5) is 5.69 Å². The van der Waals surface area contributed by atoms with Crippen LogP contribution in [0.2, 0.25) is 0 Å². The van der Waals surface area contributed by atoms with Crippen molar-refractivity contribution in [3.63, 3.8) is 0 Å². The number of rotatable bonds is 5. The Bertz CT molecular complexity index is 727. The second-order valence-electron chi connectivity index (χ2n) is 9.35. The lowest BCUT2D eigenvalue weighted by Crippen LogP contribution is -2.56. The van der Waals surface area contributed by atoms with Gasteiger partial charge in [0.1, 0.15) is 0 Å². The Balaban J connectivity index is 1.34. The highest BCUT2D eigenvalue weighted by atomic mass is 16.5. The minimum atomic E-state index is -0.837. The predicted octanol–water partition coefficient (Wildman–Crippen LogP) is 3.59. The van der Waals surface area contributed by atoms with Crippen molar-refractivity contribution in [3.8, 4) is 0 Å². The summed E-state index contributed by atoms with van der Waals surface area (Å²) in [5.41, 5.74) is 1.09. The van der Waals surface area contributed by atoms with E-state index < -0.39 is 11.7 Å². The maximum absolute atomic E-state index is 12.6. The average Bonchev–Trinajstić information content (AvgIpc) is 2.53. The van der Waals surface area contributed by atoms with E-state index in [0.29, 0.717) is 30.4 Å². The first-order valence-corrected chi connectivity index (χ1v) is 10.0. The largest absolute Gasteiger partial charge is 0.453 e. The molecule has 4 saturated carbocycles. The highest BCUT2D eigenvalue weighted by molar-refractivity contribution is 5.95. The van der Waals surface area contributed by atoms with Crippen molar-refractivity contribution in [2.45, 2.75) is 70.5 Å². The molecule has 1 amide bonds. The second-order valence-corrected chi connectivity index (χ2v) is 9.35. The molecule has 4 aliphatic rings. The SMILES string of the molecule is Cc1ccc(NC(=O)[C@@H](C)OC(=O)CC23C[C@@H]4C[C@@H](CC(O)(C4)C2)C3)cc1. The van der Waals surface area contributed by atoms with Crippen LogP contribution in [0, 0.1) is 24.2 Å². The molecule has 0 radical (unpaired) electrons. The van der Waals surface area contributed by atoms with Crippen LogP contribution in [-0.4, -0.2) is 28.7 Å². The fourth-order valence-electron chi connectivity index (χ4n) is 6.09. The molecular formula is C22H29NO4. The van der Waals surface area contributed by atoms with Gasteiger partial charge in [-0.1, -0.05) is 17.7 Å². The zero-order valence-electron chi connectivity index (χ0n) is 16.2. The Hall–Kier alpha value is -1.88. The molecule has 4 fully saturated rings. The lowest BCUT2D eigenvalue weighted by molar-refractivity contribution is -0.179. The molecule has 2 unspecified atom stereocenters. The van der Waals surface area contributed by atoms with Gasteiger partial charge in [0.25, 0.3) is 5.91 Å². The van der Waals surface area contributed by atoms with Crippen molar-refractivity contribution >= 4 is 17.6 Å². The molecule has 2 N–H and O–H groups in total. The van der Waals surface area contributed by atoms with Crippen LogP contribution in [0.3, 0.4) is 0 Å². The van der Waals surface area contributed by atoms with Gasteiger partial charge in [-0.25, -0.2) is 0 Å². The summed E-state index contributed by atoms with van der Waals surface area (Å²) in [4.78, 5) is 24.9. The number of benzene rings is 1. The Morgan fingerprint density at radius 2 is 1.81 bits per heavy atom. The van der Waals surface area contributed by atoms with Crippen LogP contribution < -0.4 is 5.32 Å². The average molecular weight is 371 g/mol. The summed E-state index contributed by atoms with van der Waals surface area (Å²) in [7, 11) is 0. The maximum atomic E-state index is 12.6. The zero-order valence-corrected chi connectivity index (χ0v) is 16.2. The predicted molar refractivity (Wildman–Crippen MR) is 102 cm³/mol. The smallest absolute Gasteiger partial charge is 0.307 e. The standard InChI is InChI=1S/C22H29NO4/c1-14-3-5-18(6-4-14)23-20(25)15(2)27-19(24)12-21-8-16-7-17(9-21)11-22(26,10-16)13-21/h3-6,15-17,26H,7-13H2,1-2H3,(H,23,25)/t15-,16-,17+,21?,22?/m1/s1. The van der Waals surface area contributed by atoms with Gasteiger partial charge in [0, 0.05) is 5.69 Å². The van der Waals surface area contributed by atoms with Gasteiger partial charge in [0.2, 0.25) is 0 Å². The highest BCUT2D eigenvalue weighted by Crippen LogP contribution is 2.62. The Kier molecular flexibility index (Phi) is 4.53. The van der Waals surface area contributed by atoms with E-state index in [0.717, 1.165) is 31.2 Å². The molecule has 27 heavy (non-hydrogen) atoms. The molecule has 5 nitrogen and oxygen atoms in total. The first kappa shape index (κ1) is 18.5. The van der Waals surface area contributed by atoms with E-state index >= 15 is 0 Å². The van der Waals surface area contributed by atoms with Gasteiger partial charge in [0.15, 0.2) is 6.10 Å². The number of aryl methyl sites for hydroxylation is 1. The third-order valence-corrected chi connectivity index (χ3v) is 6.67. The summed E-state index contributed by atoms with van der Waals surface area (Å²) < 4.78 is 5.45. The van der Waals surface area contributed by atoms with E-state index in [-0.39, 0.29) is 17.3 Å². The molecule has 0 heterocycles. The number of carbonyl (C=O) groups is 2. The van der Waals surface area contributed by atoms with E-state index in [9.17, 15) is 14.7 Å². The van der Waals surface area contributed by atoms with Gasteiger partial charge < -0.3 is 15.2 Å². The Labute approximate surface area is 160 Å². The molecule has 5 rings (SSSR count). The first-order valence-electron chi connectivity index (χ1n) is 10.0. The van der Waals surface area contributed by atoms with Gasteiger partial charge in [-0.2, -0.15) is 0 Å². The number of hydrogen-bond donors (Lipinski definition) is 2. The number of esters is 1. The molecule has 5 heteroatoms. The van der Waals surface area contributed by atoms with Crippen LogP contribution >= 0.6 is 0 Å². The number of amides is 1. The maximum Gasteiger partial charge on any atom is 0.307 e. The van der Waals surface area contributed by atoms with E-state index in [1.165, 1.54) is 6.42 Å². The number of carbonyl (C=O) groups excluding carboxylic acids is 2. The Morgan fingerprint density at radius 3 is 2.41 bits per heavy atom. The minimum absolute atomic E-state index is 0.136. The van der Waals surface area contributed by atoms with Crippen LogP contribution in [0.5, 0.6) is 0 Å². The second kappa shape index (κ2) is 6.62. The highest BCUT2D eigenvalue weighted by Gasteiger charge is 2.57. The molecule has 0 aliphatic heterocycles. The number of aliphatic hydroxyl groups is 1. The van der Waals surface area contributed by atoms with Gasteiger partial charge >= 0.3 is 5.97 Å². The number of ether oxygens (including phenoxy) is 1. The monoisotopic (exact) mass is 371 g/mol. The molecule has 5 atom stereocenters. The van der Waals surface area contributed by atoms with Crippen LogP contribution in [0.1, 0.15) is 57.4 Å². The number of nitrogens with one attached hydrogen (secondary N) is 1. The molecule has 146 valence electrons. The molecule has 1 aromatic carbocycles. The van der Waals surface area contributed by atoms with Gasteiger partial charge in [-0.3, -0.25) is 9.59 Å². The lowest BCUT2D eigenvalue weighted by Gasteiger charge is -2.60. The lowest BCUT2D eigenvalue weighted by atomic mass is 9.47. The number of hydrogen-bond acceptors (Lipinski definition) is 4. The fourth-order valence-corrected chi connectivity index (χ4v) is 6.09. The van der Waals surface area contributed by atoms with E-state index in [1.54, 1.807) is 6.92 Å². The van der Waals surface area contributed by atoms with Crippen molar-refractivity contribution in [1.29, 1.82) is 0 Å². The van der Waals surface area contributed by atoms with Crippen molar-refractivity contribution in [2.75, 3.05) is 5.32 Å². The summed E-state index contributed by atoms with van der Waals surface area (Å²) >= 11 is 0. The van der Waals surface area contributed by atoms with Crippen LogP contribution in [0.15, 0.2) is 24.3 Å². The van der Waals surface area contributed by atoms with E-state index in [4.69, 9.17) is 4.74 Å². The molecule has 0 spiro atoms. The summed E-state index contributed by atoms with van der Waals surface area (Å²) in [6, 6.07) is 7.50. The molecular weight excluding hydrogens is 342 g/mol. The molecule has 0 saturated heterocycles. The fraction of sp³-hybridized carbons (Fsp3) is 0.636.